The van der Waals surface area contributed by atoms with Crippen molar-refractivity contribution in [3.05, 3.63) is 54.9 Å². The first-order chi connectivity index (χ1) is 8.88. The molecule has 0 bridgehead atoms. The van der Waals surface area contributed by atoms with Gasteiger partial charge in [0, 0.05) is 29.0 Å². The maximum atomic E-state index is 5.81. The van der Waals surface area contributed by atoms with Crippen molar-refractivity contribution in [3.8, 4) is 5.75 Å². The van der Waals surface area contributed by atoms with Crippen molar-refractivity contribution < 1.29 is 9.14 Å². The lowest BCUT2D eigenvalue weighted by atomic mass is 10.1. The zero-order valence-electron chi connectivity index (χ0n) is 10.5. The molecule has 0 amide bonds. The Labute approximate surface area is 106 Å². The molecule has 90 valence electrons. The molecule has 0 fully saturated rings. The van der Waals surface area contributed by atoms with Crippen molar-refractivity contribution in [2.24, 2.45) is 0 Å². The third-order valence-corrected chi connectivity index (χ3v) is 3.05. The van der Waals surface area contributed by atoms with Gasteiger partial charge in [-0.15, -0.1) is 0 Å². The molecular weight excluding hydrogens is 222 g/mol. The lowest BCUT2D eigenvalue weighted by Crippen LogP contribution is -2.19. The van der Waals surface area contributed by atoms with Crippen molar-refractivity contribution in [3.63, 3.8) is 0 Å². The van der Waals surface area contributed by atoms with Crippen LogP contribution in [0.5, 0.6) is 5.75 Å². The van der Waals surface area contributed by atoms with Crippen molar-refractivity contribution in [2.45, 2.75) is 13.3 Å². The smallest absolute Gasteiger partial charge is 0.211 e. The first-order valence-electron chi connectivity index (χ1n) is 6.34. The van der Waals surface area contributed by atoms with Gasteiger partial charge in [-0.1, -0.05) is 13.0 Å². The average Bonchev–Trinajstić information content (AvgIpc) is 2.43. The van der Waals surface area contributed by atoms with E-state index < -0.39 is 0 Å². The molecule has 0 aliphatic carbocycles. The number of hydrogen-bond acceptors (Lipinski definition) is 1. The van der Waals surface area contributed by atoms with Crippen LogP contribution in [0.15, 0.2) is 54.9 Å². The van der Waals surface area contributed by atoms with Crippen LogP contribution in [0.25, 0.3) is 16.3 Å². The van der Waals surface area contributed by atoms with E-state index in [1.54, 1.807) is 0 Å². The van der Waals surface area contributed by atoms with Crippen LogP contribution in [0, 0.1) is 0 Å². The molecule has 0 unspecified atom stereocenters. The molecule has 0 radical (unpaired) electrons. The molecule has 0 saturated heterocycles. The van der Waals surface area contributed by atoms with Crippen LogP contribution in [0.3, 0.4) is 0 Å². The molecule has 2 aromatic heterocycles. The van der Waals surface area contributed by atoms with Crippen LogP contribution in [0.4, 0.5) is 0 Å². The summed E-state index contributed by atoms with van der Waals surface area (Å²) in [5.74, 6) is 0.973. The molecule has 2 heterocycles. The van der Waals surface area contributed by atoms with Gasteiger partial charge in [-0.3, -0.25) is 0 Å². The number of hydrogen-bond donors (Lipinski definition) is 0. The summed E-state index contributed by atoms with van der Waals surface area (Å²) in [6.45, 7) is 2.88. The van der Waals surface area contributed by atoms with Crippen LogP contribution in [0.1, 0.15) is 13.3 Å². The molecule has 3 rings (SSSR count). The Morgan fingerprint density at radius 1 is 1.11 bits per heavy atom. The number of aromatic nitrogens is 1. The Hall–Kier alpha value is -2.09. The van der Waals surface area contributed by atoms with Crippen LogP contribution in [-0.2, 0) is 0 Å². The lowest BCUT2D eigenvalue weighted by Gasteiger charge is -2.07. The first kappa shape index (κ1) is 11.0. The molecule has 0 aliphatic rings. The molecule has 0 aliphatic heterocycles. The summed E-state index contributed by atoms with van der Waals surface area (Å²) in [4.78, 5) is 0. The molecule has 0 N–H and O–H groups in total. The number of nitrogens with zero attached hydrogens (tertiary/aromatic N) is 1. The molecule has 2 heteroatoms. The van der Waals surface area contributed by atoms with Gasteiger partial charge in [-0.2, -0.15) is 4.40 Å². The topological polar surface area (TPSA) is 13.3 Å². The van der Waals surface area contributed by atoms with Crippen LogP contribution in [-0.4, -0.2) is 6.61 Å². The summed E-state index contributed by atoms with van der Waals surface area (Å²) < 4.78 is 7.94. The third-order valence-electron chi connectivity index (χ3n) is 3.05. The largest absolute Gasteiger partial charge is 0.493 e. The molecule has 1 aromatic carbocycles. The van der Waals surface area contributed by atoms with Gasteiger partial charge >= 0.3 is 0 Å². The highest BCUT2D eigenvalue weighted by molar-refractivity contribution is 5.89. The van der Waals surface area contributed by atoms with E-state index in [1.165, 1.54) is 16.3 Å². The Morgan fingerprint density at radius 3 is 2.94 bits per heavy atom. The summed E-state index contributed by atoms with van der Waals surface area (Å²) in [5, 5.41) is 2.38. The van der Waals surface area contributed by atoms with Gasteiger partial charge in [0.15, 0.2) is 12.4 Å². The Bertz CT molecular complexity index is 691. The fourth-order valence-corrected chi connectivity index (χ4v) is 2.17. The maximum absolute atomic E-state index is 5.81. The summed E-state index contributed by atoms with van der Waals surface area (Å²) in [7, 11) is 0. The van der Waals surface area contributed by atoms with Crippen LogP contribution >= 0.6 is 0 Å². The summed E-state index contributed by atoms with van der Waals surface area (Å²) in [6.07, 6.45) is 5.23. The minimum atomic E-state index is 0.763. The normalized spacial score (nSPS) is 10.9. The van der Waals surface area contributed by atoms with E-state index in [4.69, 9.17) is 4.74 Å². The van der Waals surface area contributed by atoms with Gasteiger partial charge in [-0.05, 0) is 24.6 Å². The maximum Gasteiger partial charge on any atom is 0.211 e. The summed E-state index contributed by atoms with van der Waals surface area (Å²) >= 11 is 0. The zero-order valence-corrected chi connectivity index (χ0v) is 10.5. The second-order valence-electron chi connectivity index (χ2n) is 4.41. The lowest BCUT2D eigenvalue weighted by molar-refractivity contribution is -0.510. The van der Waals surface area contributed by atoms with Gasteiger partial charge in [-0.25, -0.2) is 0 Å². The Balaban J connectivity index is 2.22. The van der Waals surface area contributed by atoms with E-state index in [-0.39, 0.29) is 0 Å². The second-order valence-corrected chi connectivity index (χ2v) is 4.41. The van der Waals surface area contributed by atoms with Gasteiger partial charge in [0.05, 0.1) is 6.61 Å². The minimum Gasteiger partial charge on any atom is -0.493 e. The van der Waals surface area contributed by atoms with E-state index >= 15 is 0 Å². The monoisotopic (exact) mass is 238 g/mol. The van der Waals surface area contributed by atoms with Crippen LogP contribution < -0.4 is 9.14 Å². The number of benzene rings is 1. The minimum absolute atomic E-state index is 0.763. The third kappa shape index (κ3) is 1.90. The highest BCUT2D eigenvalue weighted by Crippen LogP contribution is 2.25. The number of rotatable bonds is 3. The van der Waals surface area contributed by atoms with Crippen molar-refractivity contribution in [1.29, 1.82) is 0 Å². The predicted octanol–water partition coefficient (Wildman–Crippen LogP) is 3.37. The highest BCUT2D eigenvalue weighted by Gasteiger charge is 2.08. The standard InChI is InChI=1S/C16H16NO/c1-2-10-18-16-8-5-6-13-12-17-9-4-3-7-14(17)11-15(13)16/h3-9,11-12H,2,10H2,1H3/q+1. The molecule has 2 nitrogen and oxygen atoms in total. The molecule has 3 aromatic rings. The first-order valence-corrected chi connectivity index (χ1v) is 6.34. The van der Waals surface area contributed by atoms with E-state index in [1.807, 2.05) is 18.2 Å². The van der Waals surface area contributed by atoms with Gasteiger partial charge in [0.25, 0.3) is 0 Å². The fraction of sp³-hybridized carbons (Fsp3) is 0.188. The van der Waals surface area contributed by atoms with Crippen molar-refractivity contribution in [2.75, 3.05) is 6.61 Å². The molecular formula is C16H16NO+. The Kier molecular flexibility index (Phi) is 2.85. The van der Waals surface area contributed by atoms with E-state index in [0.717, 1.165) is 18.8 Å². The number of pyridine rings is 2. The van der Waals surface area contributed by atoms with Crippen molar-refractivity contribution >= 4 is 16.3 Å². The second kappa shape index (κ2) is 4.65. The summed E-state index contributed by atoms with van der Waals surface area (Å²) in [6, 6.07) is 14.6. The van der Waals surface area contributed by atoms with E-state index in [9.17, 15) is 0 Å². The SMILES string of the molecule is CCCOc1cccc2c[n+]3ccccc3cc12. The highest BCUT2D eigenvalue weighted by atomic mass is 16.5. The predicted molar refractivity (Wildman–Crippen MR) is 72.9 cm³/mol. The van der Waals surface area contributed by atoms with Crippen LogP contribution in [0.2, 0.25) is 0 Å². The number of ether oxygens (including phenoxy) is 1. The number of fused-ring (bicyclic) bond motifs is 2. The van der Waals surface area contributed by atoms with Gasteiger partial charge < -0.3 is 4.74 Å². The zero-order chi connectivity index (χ0) is 12.4. The molecule has 0 spiro atoms. The van der Waals surface area contributed by atoms with E-state index in [2.05, 4.69) is 48.0 Å². The van der Waals surface area contributed by atoms with Crippen molar-refractivity contribution in [1.82, 2.24) is 0 Å². The molecule has 0 saturated carbocycles. The molecule has 0 atom stereocenters. The van der Waals surface area contributed by atoms with E-state index in [0.29, 0.717) is 0 Å². The average molecular weight is 238 g/mol. The summed E-state index contributed by atoms with van der Waals surface area (Å²) in [5.41, 5.74) is 1.18. The van der Waals surface area contributed by atoms with Gasteiger partial charge in [0.1, 0.15) is 5.75 Å². The fourth-order valence-electron chi connectivity index (χ4n) is 2.17. The Morgan fingerprint density at radius 2 is 2.06 bits per heavy atom. The quantitative estimate of drug-likeness (QED) is 0.504. The van der Waals surface area contributed by atoms with Gasteiger partial charge in [0.2, 0.25) is 5.52 Å². The molecule has 18 heavy (non-hydrogen) atoms.